The number of carbonyl (C=O) groups excluding carboxylic acids is 1. The Kier molecular flexibility index (Phi) is 11.3. The molecule has 2 aromatic carbocycles. The van der Waals surface area contributed by atoms with E-state index in [4.69, 9.17) is 14.6 Å². The standard InChI is InChI=1S/C17H21NO.C2H4O2.ClH/c1-14-8-6-7-11-16(14)19-17(12-13-18-2)15-9-4-3-5-10-15;1-2(3)4;/h3-11,17-18H,12-13H2,1-2H3;1H3,(H,3,4);1H/p-1/t17-;;/m1../s1. The minimum absolute atomic E-state index is 0. The number of hydrogen-bond acceptors (Lipinski definition) is 4. The highest BCUT2D eigenvalue weighted by atomic mass is 35.5. The first-order chi connectivity index (χ1) is 11.0. The molecule has 2 rings (SSSR count). The van der Waals surface area contributed by atoms with Crippen molar-refractivity contribution in [2.45, 2.75) is 26.4 Å². The molecule has 1 N–H and O–H groups in total. The molecule has 0 aromatic heterocycles. The van der Waals surface area contributed by atoms with E-state index in [0.717, 1.165) is 25.6 Å². The van der Waals surface area contributed by atoms with Gasteiger partial charge in [-0.3, -0.25) is 0 Å². The van der Waals surface area contributed by atoms with Gasteiger partial charge < -0.3 is 20.0 Å². The molecule has 0 amide bonds. The van der Waals surface area contributed by atoms with Crippen LogP contribution in [0.25, 0.3) is 0 Å². The molecular formula is C19H25ClNO3-. The highest BCUT2D eigenvalue weighted by Gasteiger charge is 2.13. The number of hydrogen-bond donors (Lipinski definition) is 1. The first-order valence-electron chi connectivity index (χ1n) is 7.64. The van der Waals surface area contributed by atoms with Crippen molar-refractivity contribution in [3.05, 3.63) is 65.7 Å². The second kappa shape index (κ2) is 12.4. The van der Waals surface area contributed by atoms with Gasteiger partial charge >= 0.3 is 0 Å². The number of nitrogens with one attached hydrogen (secondary N) is 1. The molecule has 0 saturated heterocycles. The summed E-state index contributed by atoms with van der Waals surface area (Å²) in [6.45, 7) is 3.99. The van der Waals surface area contributed by atoms with E-state index in [1.807, 2.05) is 31.3 Å². The molecule has 132 valence electrons. The number of halogens is 1. The van der Waals surface area contributed by atoms with Gasteiger partial charge in [0.1, 0.15) is 11.9 Å². The van der Waals surface area contributed by atoms with Crippen LogP contribution >= 0.6 is 12.4 Å². The van der Waals surface area contributed by atoms with Crippen molar-refractivity contribution in [2.24, 2.45) is 0 Å². The van der Waals surface area contributed by atoms with E-state index >= 15 is 0 Å². The van der Waals surface area contributed by atoms with E-state index in [9.17, 15) is 0 Å². The average Bonchev–Trinajstić information content (AvgIpc) is 2.53. The molecule has 0 aliphatic rings. The van der Waals surface area contributed by atoms with Gasteiger partial charge in [0.15, 0.2) is 0 Å². The number of carboxylic acids is 1. The van der Waals surface area contributed by atoms with Gasteiger partial charge in [0.2, 0.25) is 0 Å². The zero-order valence-corrected chi connectivity index (χ0v) is 15.1. The summed E-state index contributed by atoms with van der Waals surface area (Å²) in [5.41, 5.74) is 2.40. The maximum atomic E-state index is 8.89. The Hall–Kier alpha value is -2.04. The molecule has 0 heterocycles. The lowest BCUT2D eigenvalue weighted by molar-refractivity contribution is -0.302. The van der Waals surface area contributed by atoms with Crippen LogP contribution < -0.4 is 15.2 Å². The summed E-state index contributed by atoms with van der Waals surface area (Å²) in [6, 6.07) is 18.6. The highest BCUT2D eigenvalue weighted by molar-refractivity contribution is 5.85. The first kappa shape index (κ1) is 22.0. The SMILES string of the molecule is CC(=O)[O-].CNCC[C@@H](Oc1ccccc1C)c1ccccc1.Cl. The molecule has 0 bridgehead atoms. The van der Waals surface area contributed by atoms with Crippen molar-refractivity contribution < 1.29 is 14.6 Å². The Bertz CT molecular complexity index is 586. The summed E-state index contributed by atoms with van der Waals surface area (Å²) in [6.07, 6.45) is 1.05. The molecule has 0 aliphatic heterocycles. The number of rotatable bonds is 6. The van der Waals surface area contributed by atoms with Gasteiger partial charge in [-0.15, -0.1) is 12.4 Å². The molecule has 0 fully saturated rings. The predicted octanol–water partition coefficient (Wildman–Crippen LogP) is 2.90. The Morgan fingerprint density at radius 3 is 2.21 bits per heavy atom. The van der Waals surface area contributed by atoms with Crippen molar-refractivity contribution in [3.8, 4) is 5.75 Å². The number of ether oxygens (including phenoxy) is 1. The van der Waals surface area contributed by atoms with E-state index in [1.165, 1.54) is 11.1 Å². The third-order valence-electron chi connectivity index (χ3n) is 3.19. The molecule has 4 nitrogen and oxygen atoms in total. The quantitative estimate of drug-likeness (QED) is 0.870. The number of carbonyl (C=O) groups is 1. The first-order valence-corrected chi connectivity index (χ1v) is 7.64. The fraction of sp³-hybridized carbons (Fsp3) is 0.316. The highest BCUT2D eigenvalue weighted by Crippen LogP contribution is 2.26. The van der Waals surface area contributed by atoms with Crippen LogP contribution in [0.3, 0.4) is 0 Å². The Morgan fingerprint density at radius 1 is 1.12 bits per heavy atom. The number of carboxylic acid groups (broad SMARTS) is 1. The van der Waals surface area contributed by atoms with Crippen molar-refractivity contribution in [1.29, 1.82) is 0 Å². The van der Waals surface area contributed by atoms with E-state index in [2.05, 4.69) is 42.6 Å². The maximum Gasteiger partial charge on any atom is 0.125 e. The number of para-hydroxylation sites is 1. The summed E-state index contributed by atoms with van der Waals surface area (Å²) >= 11 is 0. The van der Waals surface area contributed by atoms with E-state index in [1.54, 1.807) is 0 Å². The summed E-state index contributed by atoms with van der Waals surface area (Å²) in [7, 11) is 1.97. The fourth-order valence-corrected chi connectivity index (χ4v) is 2.08. The minimum atomic E-state index is -1.08. The lowest BCUT2D eigenvalue weighted by Gasteiger charge is -2.20. The zero-order valence-electron chi connectivity index (χ0n) is 14.3. The molecule has 0 unspecified atom stereocenters. The molecule has 5 heteroatoms. The van der Waals surface area contributed by atoms with Gasteiger partial charge in [-0.05, 0) is 44.6 Å². The third-order valence-corrected chi connectivity index (χ3v) is 3.19. The average molecular weight is 351 g/mol. The summed E-state index contributed by atoms with van der Waals surface area (Å²) in [4.78, 5) is 8.89. The fourth-order valence-electron chi connectivity index (χ4n) is 2.08. The maximum absolute atomic E-state index is 8.89. The largest absolute Gasteiger partial charge is 0.550 e. The van der Waals surface area contributed by atoms with Gasteiger partial charge in [-0.25, -0.2) is 0 Å². The smallest absolute Gasteiger partial charge is 0.125 e. The Balaban J connectivity index is 0.000000954. The third kappa shape index (κ3) is 8.56. The van der Waals surface area contributed by atoms with E-state index in [0.29, 0.717) is 0 Å². The minimum Gasteiger partial charge on any atom is -0.550 e. The zero-order chi connectivity index (χ0) is 17.1. The summed E-state index contributed by atoms with van der Waals surface area (Å²) < 4.78 is 6.19. The summed E-state index contributed by atoms with van der Waals surface area (Å²) in [5, 5.41) is 12.1. The molecule has 0 spiro atoms. The molecule has 0 radical (unpaired) electrons. The number of aliphatic carboxylic acids is 1. The van der Waals surface area contributed by atoms with E-state index in [-0.39, 0.29) is 18.5 Å². The van der Waals surface area contributed by atoms with Crippen molar-refractivity contribution in [2.75, 3.05) is 13.6 Å². The van der Waals surface area contributed by atoms with Crippen molar-refractivity contribution >= 4 is 18.4 Å². The van der Waals surface area contributed by atoms with Crippen LogP contribution in [0.15, 0.2) is 54.6 Å². The Morgan fingerprint density at radius 2 is 1.67 bits per heavy atom. The van der Waals surface area contributed by atoms with Crippen LogP contribution in [-0.4, -0.2) is 19.6 Å². The van der Waals surface area contributed by atoms with Crippen molar-refractivity contribution in [3.63, 3.8) is 0 Å². The molecular weight excluding hydrogens is 326 g/mol. The van der Waals surface area contributed by atoms with Crippen LogP contribution in [0, 0.1) is 6.92 Å². The summed E-state index contributed by atoms with van der Waals surface area (Å²) in [5.74, 6) is -0.118. The van der Waals surface area contributed by atoms with Gasteiger partial charge in [-0.2, -0.15) is 0 Å². The monoisotopic (exact) mass is 350 g/mol. The van der Waals surface area contributed by atoms with Gasteiger partial charge in [0, 0.05) is 12.4 Å². The Labute approximate surface area is 150 Å². The number of benzene rings is 2. The second-order valence-electron chi connectivity index (χ2n) is 5.17. The van der Waals surface area contributed by atoms with Crippen LogP contribution in [0.4, 0.5) is 0 Å². The lowest BCUT2D eigenvalue weighted by atomic mass is 10.1. The van der Waals surface area contributed by atoms with E-state index < -0.39 is 5.97 Å². The lowest BCUT2D eigenvalue weighted by Crippen LogP contribution is -2.16. The molecule has 0 saturated carbocycles. The van der Waals surface area contributed by atoms with Crippen molar-refractivity contribution in [1.82, 2.24) is 5.32 Å². The van der Waals surface area contributed by atoms with Gasteiger partial charge in [0.05, 0.1) is 0 Å². The topological polar surface area (TPSA) is 61.4 Å². The predicted molar refractivity (Wildman–Crippen MR) is 97.5 cm³/mol. The second-order valence-corrected chi connectivity index (χ2v) is 5.17. The molecule has 0 aliphatic carbocycles. The van der Waals surface area contributed by atoms with Crippen LogP contribution in [0.1, 0.15) is 30.6 Å². The molecule has 1 atom stereocenters. The van der Waals surface area contributed by atoms with Gasteiger partial charge in [-0.1, -0.05) is 48.5 Å². The van der Waals surface area contributed by atoms with Crippen LogP contribution in [0.5, 0.6) is 5.75 Å². The van der Waals surface area contributed by atoms with Gasteiger partial charge in [0.25, 0.3) is 0 Å². The van der Waals surface area contributed by atoms with Crippen LogP contribution in [-0.2, 0) is 4.79 Å². The molecule has 24 heavy (non-hydrogen) atoms. The normalized spacial score (nSPS) is 10.6. The van der Waals surface area contributed by atoms with Crippen LogP contribution in [0.2, 0.25) is 0 Å². The molecule has 2 aromatic rings. The number of aryl methyl sites for hydroxylation is 1.